The molecule has 100 valence electrons. The Morgan fingerprint density at radius 2 is 2.06 bits per heavy atom. The number of hydrogen-bond donors (Lipinski definition) is 0. The van der Waals surface area contributed by atoms with E-state index in [0.717, 1.165) is 12.3 Å². The van der Waals surface area contributed by atoms with Crippen LogP contribution in [0, 0.1) is 11.3 Å². The molecule has 1 aromatic rings. The summed E-state index contributed by atoms with van der Waals surface area (Å²) in [7, 11) is 0. The highest BCUT2D eigenvalue weighted by Gasteiger charge is 2.38. The molecule has 0 heterocycles. The van der Waals surface area contributed by atoms with E-state index in [2.05, 4.69) is 35.8 Å². The molecule has 2 atom stereocenters. The largest absolute Gasteiger partial charge is 0.0884 e. The minimum absolute atomic E-state index is 0.449. The summed E-state index contributed by atoms with van der Waals surface area (Å²) in [5.74, 6) is 0.743. The molecule has 0 saturated heterocycles. The summed E-state index contributed by atoms with van der Waals surface area (Å²) in [6.45, 7) is 4.77. The van der Waals surface area contributed by atoms with Crippen molar-refractivity contribution in [2.24, 2.45) is 11.3 Å². The maximum absolute atomic E-state index is 6.07. The molecule has 0 radical (unpaired) electrons. The van der Waals surface area contributed by atoms with Gasteiger partial charge in [0.1, 0.15) is 0 Å². The van der Waals surface area contributed by atoms with Crippen molar-refractivity contribution < 1.29 is 0 Å². The molecule has 18 heavy (non-hydrogen) atoms. The van der Waals surface area contributed by atoms with Gasteiger partial charge in [-0.05, 0) is 48.3 Å². The van der Waals surface area contributed by atoms with Crippen molar-refractivity contribution in [1.82, 2.24) is 0 Å². The first-order chi connectivity index (χ1) is 8.40. The van der Waals surface area contributed by atoms with E-state index >= 15 is 0 Å². The van der Waals surface area contributed by atoms with Crippen molar-refractivity contribution in [3.05, 3.63) is 33.8 Å². The molecule has 2 rings (SSSR count). The molecule has 1 aliphatic carbocycles. The van der Waals surface area contributed by atoms with Crippen molar-refractivity contribution in [1.29, 1.82) is 0 Å². The quantitative estimate of drug-likeness (QED) is 0.576. The van der Waals surface area contributed by atoms with Crippen LogP contribution >= 0.6 is 39.1 Å². The maximum atomic E-state index is 6.07. The van der Waals surface area contributed by atoms with Crippen molar-refractivity contribution in [3.8, 4) is 0 Å². The van der Waals surface area contributed by atoms with Crippen LogP contribution in [0.1, 0.15) is 38.7 Å². The van der Waals surface area contributed by atoms with E-state index in [1.54, 1.807) is 0 Å². The van der Waals surface area contributed by atoms with Crippen LogP contribution in [0.15, 0.2) is 18.2 Å². The number of halogens is 3. The Bertz CT molecular complexity index is 429. The van der Waals surface area contributed by atoms with Gasteiger partial charge < -0.3 is 0 Å². The second kappa shape index (κ2) is 5.73. The molecule has 1 aliphatic rings. The fourth-order valence-electron chi connectivity index (χ4n) is 3.06. The van der Waals surface area contributed by atoms with Gasteiger partial charge in [-0.25, -0.2) is 0 Å². The molecule has 0 aliphatic heterocycles. The van der Waals surface area contributed by atoms with Crippen molar-refractivity contribution in [3.63, 3.8) is 0 Å². The molecule has 3 heteroatoms. The van der Waals surface area contributed by atoms with Crippen molar-refractivity contribution in [2.45, 2.75) is 44.4 Å². The van der Waals surface area contributed by atoms with E-state index in [-0.39, 0.29) is 0 Å². The summed E-state index contributed by atoms with van der Waals surface area (Å²) in [4.78, 5) is 0.521. The first-order valence-electron chi connectivity index (χ1n) is 6.48. The van der Waals surface area contributed by atoms with Crippen molar-refractivity contribution >= 4 is 39.1 Å². The Hall–Kier alpha value is 0.280. The molecule has 0 spiro atoms. The van der Waals surface area contributed by atoms with E-state index in [0.29, 0.717) is 20.3 Å². The van der Waals surface area contributed by atoms with Gasteiger partial charge in [0.25, 0.3) is 0 Å². The average Bonchev–Trinajstić information content (AvgIpc) is 2.63. The zero-order valence-corrected chi connectivity index (χ0v) is 13.9. The lowest BCUT2D eigenvalue weighted by Gasteiger charge is -2.31. The summed E-state index contributed by atoms with van der Waals surface area (Å²) in [5, 5.41) is 1.28. The van der Waals surface area contributed by atoms with Crippen LogP contribution in [-0.4, -0.2) is 4.83 Å². The highest BCUT2D eigenvalue weighted by atomic mass is 79.9. The number of rotatable bonds is 3. The molecule has 2 unspecified atom stereocenters. The average molecular weight is 350 g/mol. The molecule has 1 saturated carbocycles. The van der Waals surface area contributed by atoms with Crippen LogP contribution in [0.4, 0.5) is 0 Å². The van der Waals surface area contributed by atoms with E-state index in [4.69, 9.17) is 23.2 Å². The summed E-state index contributed by atoms with van der Waals surface area (Å²) in [6, 6.07) is 5.95. The summed E-state index contributed by atoms with van der Waals surface area (Å²) in [6.07, 6.45) is 5.03. The standard InChI is InChI=1S/C15H19BrCl2/c1-15(2)7-3-4-11(15)12(16)8-10-5-6-13(17)14(18)9-10/h5-6,9,11-12H,3-4,7-8H2,1-2H3. The van der Waals surface area contributed by atoms with Crippen LogP contribution in [0.25, 0.3) is 0 Å². The first kappa shape index (κ1) is 14.7. The van der Waals surface area contributed by atoms with Crippen molar-refractivity contribution in [2.75, 3.05) is 0 Å². The predicted molar refractivity (Wildman–Crippen MR) is 84.0 cm³/mol. The summed E-state index contributed by atoms with van der Waals surface area (Å²) >= 11 is 15.9. The zero-order valence-electron chi connectivity index (χ0n) is 10.8. The van der Waals surface area contributed by atoms with Gasteiger partial charge in [-0.3, -0.25) is 0 Å². The van der Waals surface area contributed by atoms with Gasteiger partial charge in [0.15, 0.2) is 0 Å². The fraction of sp³-hybridized carbons (Fsp3) is 0.600. The normalized spacial score (nSPS) is 24.2. The van der Waals surface area contributed by atoms with E-state index < -0.39 is 0 Å². The number of alkyl halides is 1. The fourth-order valence-corrected chi connectivity index (χ4v) is 4.73. The topological polar surface area (TPSA) is 0 Å². The lowest BCUT2D eigenvalue weighted by molar-refractivity contribution is 0.255. The highest BCUT2D eigenvalue weighted by Crippen LogP contribution is 2.47. The van der Waals surface area contributed by atoms with Gasteiger partial charge in [0, 0.05) is 4.83 Å². The third-order valence-electron chi connectivity index (χ3n) is 4.19. The Kier molecular flexibility index (Phi) is 4.67. The molecule has 0 aromatic heterocycles. The summed E-state index contributed by atoms with van der Waals surface area (Å²) in [5.41, 5.74) is 1.71. The molecule has 0 N–H and O–H groups in total. The minimum atomic E-state index is 0.449. The van der Waals surface area contributed by atoms with Gasteiger partial charge in [-0.15, -0.1) is 0 Å². The van der Waals surface area contributed by atoms with E-state index in [1.807, 2.05) is 12.1 Å². The molecule has 0 nitrogen and oxygen atoms in total. The lowest BCUT2D eigenvalue weighted by atomic mass is 9.79. The second-order valence-electron chi connectivity index (χ2n) is 5.96. The monoisotopic (exact) mass is 348 g/mol. The molecule has 0 bridgehead atoms. The molecular weight excluding hydrogens is 331 g/mol. The lowest BCUT2D eigenvalue weighted by Crippen LogP contribution is -2.27. The Balaban J connectivity index is 2.07. The minimum Gasteiger partial charge on any atom is -0.0884 e. The van der Waals surface area contributed by atoms with Crippen LogP contribution < -0.4 is 0 Å². The van der Waals surface area contributed by atoms with Crippen LogP contribution in [0.3, 0.4) is 0 Å². The SMILES string of the molecule is CC1(C)CCCC1C(Br)Cc1ccc(Cl)c(Cl)c1. The second-order valence-corrected chi connectivity index (χ2v) is 7.95. The molecule has 1 fully saturated rings. The Morgan fingerprint density at radius 1 is 1.33 bits per heavy atom. The van der Waals surface area contributed by atoms with Gasteiger partial charge >= 0.3 is 0 Å². The third-order valence-corrected chi connectivity index (χ3v) is 5.89. The number of benzene rings is 1. The van der Waals surface area contributed by atoms with Crippen LogP contribution in [-0.2, 0) is 6.42 Å². The maximum Gasteiger partial charge on any atom is 0.0595 e. The first-order valence-corrected chi connectivity index (χ1v) is 8.15. The predicted octanol–water partition coefficient (Wildman–Crippen LogP) is 6.13. The van der Waals surface area contributed by atoms with Gasteiger partial charge in [0.2, 0.25) is 0 Å². The Morgan fingerprint density at radius 3 is 2.61 bits per heavy atom. The highest BCUT2D eigenvalue weighted by molar-refractivity contribution is 9.09. The van der Waals surface area contributed by atoms with Gasteiger partial charge in [-0.2, -0.15) is 0 Å². The molecule has 0 amide bonds. The van der Waals surface area contributed by atoms with Gasteiger partial charge in [0.05, 0.1) is 10.0 Å². The van der Waals surface area contributed by atoms with Crippen LogP contribution in [0.5, 0.6) is 0 Å². The molecular formula is C15H19BrCl2. The smallest absolute Gasteiger partial charge is 0.0595 e. The zero-order chi connectivity index (χ0) is 13.3. The van der Waals surface area contributed by atoms with Crippen LogP contribution in [0.2, 0.25) is 10.0 Å². The van der Waals surface area contributed by atoms with Gasteiger partial charge in [-0.1, -0.05) is 65.5 Å². The Labute approximate surface area is 128 Å². The van der Waals surface area contributed by atoms with E-state index in [9.17, 15) is 0 Å². The van der Waals surface area contributed by atoms with E-state index in [1.165, 1.54) is 24.8 Å². The summed E-state index contributed by atoms with van der Waals surface area (Å²) < 4.78 is 0. The third kappa shape index (κ3) is 3.23. The molecule has 1 aromatic carbocycles. The number of hydrogen-bond acceptors (Lipinski definition) is 0.